The van der Waals surface area contributed by atoms with E-state index >= 15 is 0 Å². The lowest BCUT2D eigenvalue weighted by Crippen LogP contribution is -1.71. The topological polar surface area (TPSA) is 0 Å². The molecule has 0 saturated carbocycles. The van der Waals surface area contributed by atoms with Crippen LogP contribution >= 0.6 is 0 Å². The Morgan fingerprint density at radius 2 is 2.33 bits per heavy atom. The Labute approximate surface area is 40.6 Å². The molecule has 0 atom stereocenters. The number of hydrogen-bond donors (Lipinski definition) is 0. The molecule has 4 radical (unpaired) electrons. The van der Waals surface area contributed by atoms with Crippen LogP contribution in [0.5, 0.6) is 0 Å². The molecule has 0 fully saturated rings. The van der Waals surface area contributed by atoms with Gasteiger partial charge in [-0.05, 0) is 26.2 Å². The van der Waals surface area contributed by atoms with Crippen molar-refractivity contribution >= 4 is 0 Å². The van der Waals surface area contributed by atoms with Crippen molar-refractivity contribution in [2.45, 2.75) is 13.3 Å². The predicted octanol–water partition coefficient (Wildman–Crippen LogP) is 1.84. The van der Waals surface area contributed by atoms with Crippen LogP contribution in [0, 0.1) is 26.2 Å². The van der Waals surface area contributed by atoms with E-state index in [1.54, 1.807) is 6.42 Å². The molecule has 0 aliphatic carbocycles. The summed E-state index contributed by atoms with van der Waals surface area (Å²) in [7, 11) is 0. The van der Waals surface area contributed by atoms with Gasteiger partial charge in [0.05, 0.1) is 0 Å². The van der Waals surface area contributed by atoms with Crippen molar-refractivity contribution in [1.29, 1.82) is 0 Å². The molecule has 0 rings (SSSR count). The zero-order chi connectivity index (χ0) is 4.83. The minimum Gasteiger partial charge on any atom is -0.0651 e. The third kappa shape index (κ3) is 4.00. The van der Waals surface area contributed by atoms with Crippen molar-refractivity contribution in [3.05, 3.63) is 26.2 Å². The van der Waals surface area contributed by atoms with Crippen LogP contribution in [0.3, 0.4) is 0 Å². The molecular formula is C6H10. The van der Waals surface area contributed by atoms with Gasteiger partial charge in [0.2, 0.25) is 0 Å². The molecule has 0 spiro atoms. The third-order valence-electron chi connectivity index (χ3n) is 0.508. The summed E-state index contributed by atoms with van der Waals surface area (Å²) in [4.78, 5) is 0. The fraction of sp³-hybridized carbons (Fsp3) is 0.333. The minimum atomic E-state index is 1.10. The number of rotatable bonds is 3. The molecule has 0 aliphatic rings. The maximum absolute atomic E-state index is 3.51. The van der Waals surface area contributed by atoms with E-state index in [0.717, 1.165) is 6.42 Å². The van der Waals surface area contributed by atoms with Gasteiger partial charge in [-0.2, -0.15) is 0 Å². The van der Waals surface area contributed by atoms with E-state index < -0.39 is 0 Å². The van der Waals surface area contributed by atoms with Crippen LogP contribution < -0.4 is 0 Å². The molecule has 0 bridgehead atoms. The average Bonchev–Trinajstić information content (AvgIpc) is 1.61. The third-order valence-corrected chi connectivity index (χ3v) is 0.508. The first-order chi connectivity index (χ1) is 2.91. The van der Waals surface area contributed by atoms with E-state index in [-0.39, 0.29) is 0 Å². The molecule has 34 valence electrons. The van der Waals surface area contributed by atoms with Gasteiger partial charge in [-0.25, -0.2) is 0 Å². The van der Waals surface area contributed by atoms with Crippen LogP contribution in [0.4, 0.5) is 0 Å². The smallest absolute Gasteiger partial charge is 0.0318 e. The van der Waals surface area contributed by atoms with Crippen LogP contribution in [0.2, 0.25) is 0 Å². The van der Waals surface area contributed by atoms with E-state index in [0.29, 0.717) is 0 Å². The lowest BCUT2D eigenvalue weighted by Gasteiger charge is -1.84. The Kier molecular flexibility index (Phi) is 5.00. The molecule has 0 amide bonds. The maximum Gasteiger partial charge on any atom is -0.0318 e. The van der Waals surface area contributed by atoms with Gasteiger partial charge in [-0.3, -0.25) is 0 Å². The standard InChI is InChI=1S/C6H10/c1-3-5-6-4-2/h3,5-6H,1,4H2,2H3. The van der Waals surface area contributed by atoms with Crippen LogP contribution in [-0.4, -0.2) is 0 Å². The summed E-state index contributed by atoms with van der Waals surface area (Å²) in [5.41, 5.74) is 0. The molecule has 0 nitrogen and oxygen atoms in total. The zero-order valence-corrected chi connectivity index (χ0v) is 4.15. The highest BCUT2D eigenvalue weighted by Gasteiger charge is 1.77. The van der Waals surface area contributed by atoms with E-state index in [1.165, 1.54) is 0 Å². The summed E-state index contributed by atoms with van der Waals surface area (Å²) in [6.07, 6.45) is 6.89. The highest BCUT2D eigenvalue weighted by atomic mass is 13.8. The predicted molar refractivity (Wildman–Crippen MR) is 28.5 cm³/mol. The summed E-state index contributed by atoms with van der Waals surface area (Å²) in [5, 5.41) is 0. The molecule has 0 aromatic carbocycles. The molecule has 0 heteroatoms. The summed E-state index contributed by atoms with van der Waals surface area (Å²) >= 11 is 0. The van der Waals surface area contributed by atoms with Crippen LogP contribution in [-0.2, 0) is 0 Å². The van der Waals surface area contributed by atoms with Crippen LogP contribution in [0.25, 0.3) is 0 Å². The second kappa shape index (κ2) is 5.00. The molecule has 0 saturated heterocycles. The van der Waals surface area contributed by atoms with Crippen molar-refractivity contribution < 1.29 is 0 Å². The second-order valence-corrected chi connectivity index (χ2v) is 1.07. The summed E-state index contributed by atoms with van der Waals surface area (Å²) in [5.74, 6) is 0. The lowest BCUT2D eigenvalue weighted by atomic mass is 10.2. The van der Waals surface area contributed by atoms with Gasteiger partial charge in [-0.1, -0.05) is 13.3 Å². The maximum atomic E-state index is 3.51. The van der Waals surface area contributed by atoms with Crippen molar-refractivity contribution in [2.24, 2.45) is 0 Å². The van der Waals surface area contributed by atoms with Crippen LogP contribution in [0.1, 0.15) is 13.3 Å². The summed E-state index contributed by atoms with van der Waals surface area (Å²) in [6, 6.07) is 0. The fourth-order valence-electron chi connectivity index (χ4n) is 0.232. The Hall–Kier alpha value is 0. The molecule has 0 aromatic heterocycles. The molecule has 6 heavy (non-hydrogen) atoms. The molecule has 0 unspecified atom stereocenters. The van der Waals surface area contributed by atoms with E-state index in [4.69, 9.17) is 0 Å². The number of unbranched alkanes of at least 4 members (excludes halogenated alkanes) is 3. The Bertz CT molecular complexity index is 12.0. The highest BCUT2D eigenvalue weighted by Crippen LogP contribution is 1.90. The van der Waals surface area contributed by atoms with Gasteiger partial charge < -0.3 is 0 Å². The first-order valence-electron chi connectivity index (χ1n) is 2.19. The summed E-state index contributed by atoms with van der Waals surface area (Å²) < 4.78 is 0. The Morgan fingerprint density at radius 1 is 1.67 bits per heavy atom. The van der Waals surface area contributed by atoms with Gasteiger partial charge in [0.1, 0.15) is 0 Å². The first kappa shape index (κ1) is 6.00. The fourth-order valence-corrected chi connectivity index (χ4v) is 0.232. The monoisotopic (exact) mass is 82.1 g/mol. The van der Waals surface area contributed by atoms with Crippen molar-refractivity contribution in [3.8, 4) is 0 Å². The number of hydrogen-bond acceptors (Lipinski definition) is 0. The van der Waals surface area contributed by atoms with Gasteiger partial charge in [0.25, 0.3) is 0 Å². The minimum absolute atomic E-state index is 1.10. The van der Waals surface area contributed by atoms with Crippen molar-refractivity contribution in [2.75, 3.05) is 0 Å². The quantitative estimate of drug-likeness (QED) is 0.456. The van der Waals surface area contributed by atoms with E-state index in [2.05, 4.69) is 20.3 Å². The Balaban J connectivity index is 2.34. The molecule has 0 heterocycles. The molecule has 0 aromatic rings. The van der Waals surface area contributed by atoms with Crippen LogP contribution in [0.15, 0.2) is 0 Å². The summed E-state index contributed by atoms with van der Waals surface area (Å²) in [6.45, 7) is 5.61. The second-order valence-electron chi connectivity index (χ2n) is 1.07. The van der Waals surface area contributed by atoms with Crippen molar-refractivity contribution in [3.63, 3.8) is 0 Å². The van der Waals surface area contributed by atoms with Gasteiger partial charge in [0, 0.05) is 0 Å². The normalized spacial score (nSPS) is 9.00. The zero-order valence-electron chi connectivity index (χ0n) is 4.15. The first-order valence-corrected chi connectivity index (χ1v) is 2.19. The average molecular weight is 82.1 g/mol. The molecular weight excluding hydrogens is 72.1 g/mol. The highest BCUT2D eigenvalue weighted by molar-refractivity contribution is 4.95. The molecule has 0 N–H and O–H groups in total. The largest absolute Gasteiger partial charge is 0.0651 e. The van der Waals surface area contributed by atoms with E-state index in [1.807, 2.05) is 6.42 Å². The van der Waals surface area contributed by atoms with Gasteiger partial charge >= 0.3 is 0 Å². The van der Waals surface area contributed by atoms with E-state index in [9.17, 15) is 0 Å². The van der Waals surface area contributed by atoms with Gasteiger partial charge in [-0.15, -0.1) is 0 Å². The Morgan fingerprint density at radius 3 is 2.50 bits per heavy atom. The van der Waals surface area contributed by atoms with Gasteiger partial charge in [0.15, 0.2) is 0 Å². The SMILES string of the molecule is [CH2][CH][CH][CH]CC. The molecule has 0 aliphatic heterocycles. The van der Waals surface area contributed by atoms with Crippen molar-refractivity contribution in [1.82, 2.24) is 0 Å². The lowest BCUT2D eigenvalue weighted by molar-refractivity contribution is 1.11.